The number of hydrogen-bond acceptors (Lipinski definition) is 7. The van der Waals surface area contributed by atoms with E-state index in [0.717, 1.165) is 67.6 Å². The summed E-state index contributed by atoms with van der Waals surface area (Å²) < 4.78 is 6.05. The number of aromatic amines is 1. The van der Waals surface area contributed by atoms with Crippen molar-refractivity contribution in [3.63, 3.8) is 0 Å². The molecule has 0 atom stereocenters. The minimum atomic E-state index is 0.522. The second-order valence-corrected chi connectivity index (χ2v) is 8.99. The van der Waals surface area contributed by atoms with Crippen molar-refractivity contribution < 1.29 is 4.74 Å². The van der Waals surface area contributed by atoms with Crippen LogP contribution in [0.2, 0.25) is 0 Å². The molecule has 8 heteroatoms. The van der Waals surface area contributed by atoms with Gasteiger partial charge >= 0.3 is 0 Å². The Morgan fingerprint density at radius 1 is 0.944 bits per heavy atom. The molecular formula is C28H23N7O. The minimum absolute atomic E-state index is 0.522. The van der Waals surface area contributed by atoms with Crippen LogP contribution < -0.4 is 15.0 Å². The maximum Gasteiger partial charge on any atom is 0.157 e. The first-order valence-corrected chi connectivity index (χ1v) is 11.9. The molecule has 0 spiro atoms. The van der Waals surface area contributed by atoms with Gasteiger partial charge < -0.3 is 19.9 Å². The monoisotopic (exact) mass is 473 g/mol. The number of para-hydroxylation sites is 1. The van der Waals surface area contributed by atoms with Crippen molar-refractivity contribution in [2.45, 2.75) is 0 Å². The summed E-state index contributed by atoms with van der Waals surface area (Å²) in [6, 6.07) is 18.5. The first kappa shape index (κ1) is 20.6. The predicted octanol–water partition coefficient (Wildman–Crippen LogP) is 4.74. The van der Waals surface area contributed by atoms with Gasteiger partial charge in [0.25, 0.3) is 0 Å². The number of ether oxygens (including phenoxy) is 1. The van der Waals surface area contributed by atoms with Crippen molar-refractivity contribution in [1.82, 2.24) is 19.9 Å². The molecule has 8 bridgehead atoms. The van der Waals surface area contributed by atoms with Crippen LogP contribution in [0.5, 0.6) is 5.75 Å². The molecule has 0 fully saturated rings. The highest BCUT2D eigenvalue weighted by Gasteiger charge is 2.24. The van der Waals surface area contributed by atoms with Gasteiger partial charge in [-0.3, -0.25) is 15.0 Å². The van der Waals surface area contributed by atoms with E-state index in [1.54, 1.807) is 0 Å². The van der Waals surface area contributed by atoms with Crippen molar-refractivity contribution in [1.29, 1.82) is 0 Å². The standard InChI is InChI=1S/C28H23N7O/c1-35-16-32-27-22-12-24(31-15-25(22)35)18-10-19(14-29-13-18)30-8-9-36-20-5-2-4-17(11-20)21-6-3-7-23-26(21)34-28(27)33-23/h2-7,10-15,30H,8-9,16H2,1H3,(H,33,34). The third kappa shape index (κ3) is 3.46. The zero-order valence-electron chi connectivity index (χ0n) is 19.7. The Labute approximate surface area is 207 Å². The Kier molecular flexibility index (Phi) is 4.70. The van der Waals surface area contributed by atoms with Gasteiger partial charge in [-0.2, -0.15) is 0 Å². The maximum absolute atomic E-state index is 6.05. The summed E-state index contributed by atoms with van der Waals surface area (Å²) >= 11 is 0. The van der Waals surface area contributed by atoms with E-state index < -0.39 is 0 Å². The second-order valence-electron chi connectivity index (χ2n) is 8.99. The third-order valence-electron chi connectivity index (χ3n) is 6.61. The number of pyridine rings is 2. The highest BCUT2D eigenvalue weighted by atomic mass is 16.5. The maximum atomic E-state index is 6.05. The van der Waals surface area contributed by atoms with Crippen molar-refractivity contribution in [2.24, 2.45) is 4.99 Å². The van der Waals surface area contributed by atoms with Crippen molar-refractivity contribution in [3.8, 4) is 28.1 Å². The number of rotatable bonds is 0. The highest BCUT2D eigenvalue weighted by Crippen LogP contribution is 2.33. The van der Waals surface area contributed by atoms with E-state index >= 15 is 0 Å². The lowest BCUT2D eigenvalue weighted by Gasteiger charge is -2.25. The zero-order chi connectivity index (χ0) is 24.1. The number of aromatic nitrogens is 4. The topological polar surface area (TPSA) is 91.3 Å². The van der Waals surface area contributed by atoms with Gasteiger partial charge in [-0.15, -0.1) is 0 Å². The van der Waals surface area contributed by atoms with Gasteiger partial charge in [0.2, 0.25) is 0 Å². The van der Waals surface area contributed by atoms with E-state index in [1.807, 2.05) is 43.8 Å². The summed E-state index contributed by atoms with van der Waals surface area (Å²) in [5.41, 5.74) is 9.48. The number of hydrogen-bond donors (Lipinski definition) is 2. The molecule has 0 amide bonds. The Hall–Kier alpha value is -4.72. The normalized spacial score (nSPS) is 14.5. The molecule has 2 aliphatic heterocycles. The van der Waals surface area contributed by atoms with Crippen LogP contribution in [0.15, 0.2) is 78.2 Å². The highest BCUT2D eigenvalue weighted by molar-refractivity contribution is 6.16. The van der Waals surface area contributed by atoms with Crippen LogP contribution in [0.4, 0.5) is 11.4 Å². The lowest BCUT2D eigenvalue weighted by Crippen LogP contribution is -2.27. The Morgan fingerprint density at radius 3 is 2.86 bits per heavy atom. The smallest absolute Gasteiger partial charge is 0.157 e. The average Bonchev–Trinajstić information content (AvgIpc) is 3.35. The number of anilines is 2. The SMILES string of the molecule is CN1CN=C2c3nc4c(cccc4[nH]3)-c3cccc(c3)OCCNc3cncc(c3)-c3cc2c1cn3. The zero-order valence-corrected chi connectivity index (χ0v) is 19.7. The number of nitrogens with zero attached hydrogens (tertiary/aromatic N) is 5. The summed E-state index contributed by atoms with van der Waals surface area (Å²) in [5.74, 6) is 1.56. The fraction of sp³-hybridized carbons (Fsp3) is 0.143. The van der Waals surface area contributed by atoms with Gasteiger partial charge in [0.05, 0.1) is 34.3 Å². The molecular weight excluding hydrogens is 450 g/mol. The van der Waals surface area contributed by atoms with E-state index in [2.05, 4.69) is 56.6 Å². The van der Waals surface area contributed by atoms with Gasteiger partial charge in [0.1, 0.15) is 24.7 Å². The summed E-state index contributed by atoms with van der Waals surface area (Å²) in [7, 11) is 2.02. The number of aliphatic imine (C=N–C) groups is 1. The molecule has 0 radical (unpaired) electrons. The largest absolute Gasteiger partial charge is 0.492 e. The number of fused-ring (bicyclic) bond motifs is 9. The summed E-state index contributed by atoms with van der Waals surface area (Å²) in [6.45, 7) is 1.70. The fourth-order valence-electron chi connectivity index (χ4n) is 4.81. The molecule has 7 rings (SSSR count). The molecule has 2 N–H and O–H groups in total. The number of H-pyrrole nitrogens is 1. The van der Waals surface area contributed by atoms with Crippen LogP contribution >= 0.6 is 0 Å². The molecule has 3 aromatic heterocycles. The van der Waals surface area contributed by atoms with Gasteiger partial charge in [-0.1, -0.05) is 24.3 Å². The van der Waals surface area contributed by atoms with Crippen molar-refractivity contribution in [2.75, 3.05) is 37.1 Å². The van der Waals surface area contributed by atoms with Crippen molar-refractivity contribution >= 4 is 28.1 Å². The molecule has 0 unspecified atom stereocenters. The molecule has 5 heterocycles. The molecule has 0 saturated carbocycles. The number of benzene rings is 2. The second kappa shape index (κ2) is 8.20. The lowest BCUT2D eigenvalue weighted by atomic mass is 10.0. The van der Waals surface area contributed by atoms with E-state index in [-0.39, 0.29) is 0 Å². The third-order valence-corrected chi connectivity index (χ3v) is 6.61. The molecule has 36 heavy (non-hydrogen) atoms. The van der Waals surface area contributed by atoms with Gasteiger partial charge in [-0.25, -0.2) is 4.98 Å². The van der Waals surface area contributed by atoms with Gasteiger partial charge in [0, 0.05) is 42.7 Å². The average molecular weight is 474 g/mol. The van der Waals surface area contributed by atoms with E-state index in [4.69, 9.17) is 19.7 Å². The molecule has 2 aromatic carbocycles. The molecule has 0 saturated heterocycles. The van der Waals surface area contributed by atoms with Gasteiger partial charge in [0.15, 0.2) is 5.82 Å². The fourth-order valence-corrected chi connectivity index (χ4v) is 4.81. The van der Waals surface area contributed by atoms with E-state index in [9.17, 15) is 0 Å². The Bertz CT molecular complexity index is 1660. The van der Waals surface area contributed by atoms with Gasteiger partial charge in [-0.05, 0) is 35.9 Å². The van der Waals surface area contributed by atoms with Crippen molar-refractivity contribution in [3.05, 3.63) is 84.6 Å². The summed E-state index contributed by atoms with van der Waals surface area (Å²) in [6.07, 6.45) is 5.55. The van der Waals surface area contributed by atoms with Crippen LogP contribution in [0.3, 0.4) is 0 Å². The summed E-state index contributed by atoms with van der Waals surface area (Å²) in [4.78, 5) is 24.7. The molecule has 2 aliphatic rings. The predicted molar refractivity (Wildman–Crippen MR) is 142 cm³/mol. The first-order chi connectivity index (χ1) is 17.7. The molecule has 8 nitrogen and oxygen atoms in total. The van der Waals surface area contributed by atoms with E-state index in [0.29, 0.717) is 19.8 Å². The quantitative estimate of drug-likeness (QED) is 0.338. The van der Waals surface area contributed by atoms with Crippen LogP contribution in [-0.2, 0) is 0 Å². The Balaban J connectivity index is 1.45. The Morgan fingerprint density at radius 2 is 1.89 bits per heavy atom. The lowest BCUT2D eigenvalue weighted by molar-refractivity contribution is 0.333. The number of nitrogens with one attached hydrogen (secondary N) is 2. The summed E-state index contributed by atoms with van der Waals surface area (Å²) in [5, 5.41) is 3.41. The van der Waals surface area contributed by atoms with Crippen LogP contribution in [0.1, 0.15) is 11.4 Å². The van der Waals surface area contributed by atoms with Crippen LogP contribution in [0, 0.1) is 0 Å². The molecule has 5 aromatic rings. The minimum Gasteiger partial charge on any atom is -0.492 e. The van der Waals surface area contributed by atoms with E-state index in [1.165, 1.54) is 0 Å². The molecule has 0 aliphatic carbocycles. The van der Waals surface area contributed by atoms with Crippen LogP contribution in [0.25, 0.3) is 33.4 Å². The number of imidazole rings is 1. The van der Waals surface area contributed by atoms with Crippen LogP contribution in [-0.4, -0.2) is 52.5 Å². The first-order valence-electron chi connectivity index (χ1n) is 11.9. The molecule has 176 valence electrons.